The standard InChI is InChI=1S/C51H30N4O2/c1-3-12-31(13-4-1)49-52-50(32-14-5-2-6-15-32)54-51(53-49)34-23-27-45-42(28-34)40-25-22-33(29-46(40)56-45)36-18-11-19-41-39-26-24-35(30-47(39)57-48(36)41)55-43-20-9-7-16-37(43)38-17-8-10-21-44(38)55/h1-30H. The smallest absolute Gasteiger partial charge is 0.164 e. The quantitative estimate of drug-likeness (QED) is 0.176. The molecule has 266 valence electrons. The molecule has 6 nitrogen and oxygen atoms in total. The van der Waals surface area contributed by atoms with Gasteiger partial charge in [-0.15, -0.1) is 0 Å². The molecular formula is C51H30N4O2. The highest BCUT2D eigenvalue weighted by Gasteiger charge is 2.18. The molecule has 0 bridgehead atoms. The Hall–Kier alpha value is -7.83. The van der Waals surface area contributed by atoms with Crippen molar-refractivity contribution < 1.29 is 8.83 Å². The van der Waals surface area contributed by atoms with Crippen molar-refractivity contribution in [3.8, 4) is 51.0 Å². The average molecular weight is 731 g/mol. The highest BCUT2D eigenvalue weighted by Crippen LogP contribution is 2.40. The largest absolute Gasteiger partial charge is 0.456 e. The van der Waals surface area contributed by atoms with Crippen molar-refractivity contribution in [1.82, 2.24) is 19.5 Å². The fourth-order valence-electron chi connectivity index (χ4n) is 8.38. The van der Waals surface area contributed by atoms with E-state index in [1.54, 1.807) is 0 Å². The zero-order chi connectivity index (χ0) is 37.5. The lowest BCUT2D eigenvalue weighted by Crippen LogP contribution is -2.00. The Kier molecular flexibility index (Phi) is 6.83. The Labute approximate surface area is 325 Å². The highest BCUT2D eigenvalue weighted by molar-refractivity contribution is 6.13. The molecule has 0 saturated heterocycles. The number of fused-ring (bicyclic) bond motifs is 9. The van der Waals surface area contributed by atoms with Gasteiger partial charge in [0.1, 0.15) is 22.3 Å². The lowest BCUT2D eigenvalue weighted by Gasteiger charge is -2.08. The third-order valence-electron chi connectivity index (χ3n) is 11.1. The number of benzene rings is 8. The number of para-hydroxylation sites is 3. The van der Waals surface area contributed by atoms with Crippen LogP contribution in [0.5, 0.6) is 0 Å². The van der Waals surface area contributed by atoms with Crippen molar-refractivity contribution in [3.05, 3.63) is 182 Å². The van der Waals surface area contributed by atoms with Crippen LogP contribution in [0, 0.1) is 0 Å². The van der Waals surface area contributed by atoms with Gasteiger partial charge in [-0.3, -0.25) is 0 Å². The Bertz CT molecular complexity index is 3410. The molecular weight excluding hydrogens is 701 g/mol. The average Bonchev–Trinajstić information content (AvgIpc) is 3.95. The van der Waals surface area contributed by atoms with E-state index in [4.69, 9.17) is 23.8 Å². The van der Waals surface area contributed by atoms with E-state index < -0.39 is 0 Å². The molecule has 0 aliphatic rings. The van der Waals surface area contributed by atoms with Gasteiger partial charge in [-0.1, -0.05) is 121 Å². The van der Waals surface area contributed by atoms with Crippen LogP contribution in [0.25, 0.3) is 117 Å². The summed E-state index contributed by atoms with van der Waals surface area (Å²) in [6, 6.07) is 62.7. The van der Waals surface area contributed by atoms with Gasteiger partial charge in [0, 0.05) is 66.3 Å². The first-order chi connectivity index (χ1) is 28.2. The van der Waals surface area contributed by atoms with E-state index in [-0.39, 0.29) is 0 Å². The number of hydrogen-bond donors (Lipinski definition) is 0. The van der Waals surface area contributed by atoms with Gasteiger partial charge >= 0.3 is 0 Å². The van der Waals surface area contributed by atoms with Crippen molar-refractivity contribution >= 4 is 65.7 Å². The van der Waals surface area contributed by atoms with Crippen LogP contribution in [0.15, 0.2) is 191 Å². The van der Waals surface area contributed by atoms with E-state index in [1.165, 1.54) is 21.8 Å². The molecule has 0 aliphatic heterocycles. The van der Waals surface area contributed by atoms with Crippen molar-refractivity contribution in [2.45, 2.75) is 0 Å². The van der Waals surface area contributed by atoms with Crippen LogP contribution in [0.1, 0.15) is 0 Å². The maximum Gasteiger partial charge on any atom is 0.164 e. The number of hydrogen-bond acceptors (Lipinski definition) is 5. The summed E-state index contributed by atoms with van der Waals surface area (Å²) >= 11 is 0. The summed E-state index contributed by atoms with van der Waals surface area (Å²) in [5, 5.41) is 6.64. The van der Waals surface area contributed by atoms with Crippen LogP contribution in [0.4, 0.5) is 0 Å². The van der Waals surface area contributed by atoms with Crippen molar-refractivity contribution in [1.29, 1.82) is 0 Å². The summed E-state index contributed by atoms with van der Waals surface area (Å²) in [6.45, 7) is 0. The van der Waals surface area contributed by atoms with Gasteiger partial charge in [0.15, 0.2) is 17.5 Å². The Morgan fingerprint density at radius 3 is 1.60 bits per heavy atom. The summed E-state index contributed by atoms with van der Waals surface area (Å²) in [5.74, 6) is 1.86. The van der Waals surface area contributed by atoms with Gasteiger partial charge < -0.3 is 13.4 Å². The molecule has 0 fully saturated rings. The minimum absolute atomic E-state index is 0.605. The third-order valence-corrected chi connectivity index (χ3v) is 11.1. The second-order valence-corrected chi connectivity index (χ2v) is 14.4. The van der Waals surface area contributed by atoms with E-state index in [0.717, 1.165) is 77.4 Å². The molecule has 0 N–H and O–H groups in total. The minimum atomic E-state index is 0.605. The Morgan fingerprint density at radius 1 is 0.333 bits per heavy atom. The monoisotopic (exact) mass is 730 g/mol. The second-order valence-electron chi connectivity index (χ2n) is 14.4. The zero-order valence-electron chi connectivity index (χ0n) is 30.4. The molecule has 4 heterocycles. The third kappa shape index (κ3) is 5.01. The lowest BCUT2D eigenvalue weighted by atomic mass is 10.0. The van der Waals surface area contributed by atoms with E-state index in [2.05, 4.69) is 114 Å². The van der Waals surface area contributed by atoms with Crippen LogP contribution >= 0.6 is 0 Å². The van der Waals surface area contributed by atoms with Crippen molar-refractivity contribution in [2.24, 2.45) is 0 Å². The van der Waals surface area contributed by atoms with E-state index in [0.29, 0.717) is 17.5 Å². The second kappa shape index (κ2) is 12.3. The summed E-state index contributed by atoms with van der Waals surface area (Å²) in [5.41, 5.74) is 11.5. The fourth-order valence-corrected chi connectivity index (χ4v) is 8.38. The molecule has 0 saturated carbocycles. The van der Waals surface area contributed by atoms with E-state index in [1.807, 2.05) is 72.8 Å². The zero-order valence-corrected chi connectivity index (χ0v) is 30.4. The first-order valence-corrected chi connectivity index (χ1v) is 19.0. The fraction of sp³-hybridized carbons (Fsp3) is 0. The van der Waals surface area contributed by atoms with Crippen molar-refractivity contribution in [3.63, 3.8) is 0 Å². The molecule has 12 rings (SSSR count). The van der Waals surface area contributed by atoms with Crippen LogP contribution < -0.4 is 0 Å². The van der Waals surface area contributed by atoms with Gasteiger partial charge in [-0.25, -0.2) is 15.0 Å². The predicted octanol–water partition coefficient (Wildman–Crippen LogP) is 13.4. The number of aromatic nitrogens is 4. The number of rotatable bonds is 5. The maximum atomic E-state index is 6.76. The van der Waals surface area contributed by atoms with Crippen LogP contribution in [0.2, 0.25) is 0 Å². The molecule has 57 heavy (non-hydrogen) atoms. The van der Waals surface area contributed by atoms with Crippen LogP contribution in [-0.4, -0.2) is 19.5 Å². The first kappa shape index (κ1) is 31.5. The Balaban J connectivity index is 0.956. The SMILES string of the molecule is c1ccc(-c2nc(-c3ccccc3)nc(-c3ccc4oc5cc(-c6cccc7c6oc6cc(-n8c9ccccc9c9ccccc98)ccc67)ccc5c4c3)n2)cc1. The number of nitrogens with zero attached hydrogens (tertiary/aromatic N) is 4. The summed E-state index contributed by atoms with van der Waals surface area (Å²) in [4.78, 5) is 14.8. The maximum absolute atomic E-state index is 6.76. The van der Waals surface area contributed by atoms with Gasteiger partial charge in [0.2, 0.25) is 0 Å². The molecule has 0 aliphatic carbocycles. The molecule has 0 amide bonds. The minimum Gasteiger partial charge on any atom is -0.456 e. The Morgan fingerprint density at radius 2 is 0.895 bits per heavy atom. The molecule has 6 heteroatoms. The summed E-state index contributed by atoms with van der Waals surface area (Å²) in [7, 11) is 0. The lowest BCUT2D eigenvalue weighted by molar-refractivity contribution is 0.668. The predicted molar refractivity (Wildman–Crippen MR) is 230 cm³/mol. The van der Waals surface area contributed by atoms with Gasteiger partial charge in [-0.05, 0) is 60.2 Å². The summed E-state index contributed by atoms with van der Waals surface area (Å²) < 4.78 is 15.6. The highest BCUT2D eigenvalue weighted by atomic mass is 16.3. The molecule has 0 spiro atoms. The molecule has 8 aromatic carbocycles. The molecule has 4 aromatic heterocycles. The molecule has 0 radical (unpaired) electrons. The topological polar surface area (TPSA) is 69.9 Å². The normalized spacial score (nSPS) is 11.9. The summed E-state index contributed by atoms with van der Waals surface area (Å²) in [6.07, 6.45) is 0. The van der Waals surface area contributed by atoms with Crippen LogP contribution in [-0.2, 0) is 0 Å². The molecule has 12 aromatic rings. The van der Waals surface area contributed by atoms with Gasteiger partial charge in [-0.2, -0.15) is 0 Å². The molecule has 0 unspecified atom stereocenters. The van der Waals surface area contributed by atoms with Gasteiger partial charge in [0.05, 0.1) is 11.0 Å². The van der Waals surface area contributed by atoms with Crippen molar-refractivity contribution in [2.75, 3.05) is 0 Å². The van der Waals surface area contributed by atoms with E-state index in [9.17, 15) is 0 Å². The first-order valence-electron chi connectivity index (χ1n) is 19.0. The van der Waals surface area contributed by atoms with Gasteiger partial charge in [0.25, 0.3) is 0 Å². The van der Waals surface area contributed by atoms with Crippen LogP contribution in [0.3, 0.4) is 0 Å². The number of furan rings is 2. The molecule has 0 atom stereocenters. The van der Waals surface area contributed by atoms with E-state index >= 15 is 0 Å².